The first kappa shape index (κ1) is 31.1. The fourth-order valence-electron chi connectivity index (χ4n) is 5.60. The second-order valence-electron chi connectivity index (χ2n) is 10.9. The van der Waals surface area contributed by atoms with Gasteiger partial charge in [-0.05, 0) is 82.2 Å². The SMILES string of the molecule is COc1ccc(C(=CN(C=C(c2ccc(OC)cc2)c2ccc(OC)cc2)c2cccc3ccccc23)c2ccc(OC)cc2)cc1. The van der Waals surface area contributed by atoms with E-state index in [9.17, 15) is 0 Å². The van der Waals surface area contributed by atoms with E-state index < -0.39 is 0 Å². The van der Waals surface area contributed by atoms with E-state index in [1.54, 1.807) is 28.4 Å². The molecule has 0 aromatic heterocycles. The average molecular weight is 620 g/mol. The number of rotatable bonds is 11. The summed E-state index contributed by atoms with van der Waals surface area (Å²) in [5, 5.41) is 2.29. The van der Waals surface area contributed by atoms with Crippen LogP contribution in [0.3, 0.4) is 0 Å². The van der Waals surface area contributed by atoms with Crippen LogP contribution in [-0.2, 0) is 0 Å². The molecule has 0 aliphatic heterocycles. The van der Waals surface area contributed by atoms with Crippen molar-refractivity contribution in [2.45, 2.75) is 0 Å². The minimum absolute atomic E-state index is 0.801. The van der Waals surface area contributed by atoms with Crippen LogP contribution in [0.1, 0.15) is 22.3 Å². The van der Waals surface area contributed by atoms with Crippen molar-refractivity contribution in [1.82, 2.24) is 0 Å². The lowest BCUT2D eigenvalue weighted by Crippen LogP contribution is -2.11. The summed E-state index contributed by atoms with van der Waals surface area (Å²) in [7, 11) is 6.73. The topological polar surface area (TPSA) is 40.2 Å². The van der Waals surface area contributed by atoms with Crippen molar-refractivity contribution < 1.29 is 18.9 Å². The maximum absolute atomic E-state index is 5.49. The highest BCUT2D eigenvalue weighted by Crippen LogP contribution is 2.35. The molecular formula is C42H37NO4. The van der Waals surface area contributed by atoms with Gasteiger partial charge in [-0.25, -0.2) is 0 Å². The standard InChI is InChI=1S/C42H37NO4/c1-44-35-20-12-31(13-21-35)40(32-14-22-36(45-2)23-15-32)28-43(42-11-7-9-30-8-5-6-10-39(30)42)29-41(33-16-24-37(46-3)25-17-33)34-18-26-38(47-4)27-19-34/h5-29H,1-4H3. The Bertz CT molecular complexity index is 1780. The van der Waals surface area contributed by atoms with Gasteiger partial charge in [0.15, 0.2) is 0 Å². The molecule has 0 bridgehead atoms. The number of hydrogen-bond acceptors (Lipinski definition) is 5. The first-order chi connectivity index (χ1) is 23.1. The van der Waals surface area contributed by atoms with E-state index in [0.717, 1.165) is 72.9 Å². The lowest BCUT2D eigenvalue weighted by molar-refractivity contribution is 0.414. The number of hydrogen-bond donors (Lipinski definition) is 0. The Labute approximate surface area is 276 Å². The van der Waals surface area contributed by atoms with Gasteiger partial charge in [0.2, 0.25) is 0 Å². The summed E-state index contributed by atoms with van der Waals surface area (Å²) in [5.41, 5.74) is 7.29. The van der Waals surface area contributed by atoms with E-state index in [4.69, 9.17) is 18.9 Å². The summed E-state index contributed by atoms with van der Waals surface area (Å²) in [6, 6.07) is 47.5. The molecule has 5 heteroatoms. The van der Waals surface area contributed by atoms with Gasteiger partial charge in [-0.15, -0.1) is 0 Å². The van der Waals surface area contributed by atoms with Crippen LogP contribution >= 0.6 is 0 Å². The highest BCUT2D eigenvalue weighted by atomic mass is 16.5. The minimum atomic E-state index is 0.801. The molecule has 0 amide bonds. The Morgan fingerprint density at radius 2 is 0.745 bits per heavy atom. The minimum Gasteiger partial charge on any atom is -0.497 e. The highest BCUT2D eigenvalue weighted by molar-refractivity contribution is 5.97. The van der Waals surface area contributed by atoms with Crippen LogP contribution in [0.5, 0.6) is 23.0 Å². The zero-order chi connectivity index (χ0) is 32.6. The van der Waals surface area contributed by atoms with E-state index in [2.05, 4.69) is 108 Å². The molecule has 0 atom stereocenters. The van der Waals surface area contributed by atoms with Crippen LogP contribution in [0, 0.1) is 0 Å². The Morgan fingerprint density at radius 1 is 0.404 bits per heavy atom. The second kappa shape index (κ2) is 14.4. The zero-order valence-electron chi connectivity index (χ0n) is 27.0. The van der Waals surface area contributed by atoms with Crippen molar-refractivity contribution in [3.63, 3.8) is 0 Å². The lowest BCUT2D eigenvalue weighted by atomic mass is 9.96. The monoisotopic (exact) mass is 619 g/mol. The largest absolute Gasteiger partial charge is 0.497 e. The van der Waals surface area contributed by atoms with E-state index in [0.29, 0.717) is 0 Å². The molecule has 234 valence electrons. The van der Waals surface area contributed by atoms with Crippen LogP contribution in [0.25, 0.3) is 21.9 Å². The van der Waals surface area contributed by atoms with Crippen LogP contribution in [-0.4, -0.2) is 28.4 Å². The number of nitrogens with zero attached hydrogens (tertiary/aromatic N) is 1. The molecule has 0 N–H and O–H groups in total. The highest BCUT2D eigenvalue weighted by Gasteiger charge is 2.15. The van der Waals surface area contributed by atoms with Crippen LogP contribution in [0.4, 0.5) is 5.69 Å². The third-order valence-corrected chi connectivity index (χ3v) is 8.19. The first-order valence-corrected chi connectivity index (χ1v) is 15.4. The fourth-order valence-corrected chi connectivity index (χ4v) is 5.60. The molecule has 0 saturated heterocycles. The number of fused-ring (bicyclic) bond motifs is 1. The van der Waals surface area contributed by atoms with Crippen LogP contribution < -0.4 is 23.8 Å². The molecule has 47 heavy (non-hydrogen) atoms. The van der Waals surface area contributed by atoms with Crippen molar-refractivity contribution >= 4 is 27.6 Å². The summed E-state index contributed by atoms with van der Waals surface area (Å²) in [6.07, 6.45) is 4.41. The first-order valence-electron chi connectivity index (χ1n) is 15.4. The van der Waals surface area contributed by atoms with Crippen molar-refractivity contribution in [2.75, 3.05) is 33.3 Å². The van der Waals surface area contributed by atoms with Crippen molar-refractivity contribution in [3.05, 3.63) is 174 Å². The summed E-state index contributed by atoms with van der Waals surface area (Å²) >= 11 is 0. The molecule has 0 saturated carbocycles. The Morgan fingerprint density at radius 3 is 1.11 bits per heavy atom. The van der Waals surface area contributed by atoms with Gasteiger partial charge < -0.3 is 23.8 Å². The predicted molar refractivity (Wildman–Crippen MR) is 193 cm³/mol. The summed E-state index contributed by atoms with van der Waals surface area (Å²) < 4.78 is 22.0. The van der Waals surface area contributed by atoms with Gasteiger partial charge in [0.05, 0.1) is 34.1 Å². The summed E-state index contributed by atoms with van der Waals surface area (Å²) in [5.74, 6) is 3.20. The van der Waals surface area contributed by atoms with Gasteiger partial charge in [0.25, 0.3) is 0 Å². The molecule has 0 radical (unpaired) electrons. The van der Waals surface area contributed by atoms with E-state index in [1.165, 1.54) is 0 Å². The van der Waals surface area contributed by atoms with Gasteiger partial charge in [-0.3, -0.25) is 0 Å². The molecule has 0 unspecified atom stereocenters. The van der Waals surface area contributed by atoms with Gasteiger partial charge >= 0.3 is 0 Å². The third kappa shape index (κ3) is 7.00. The number of benzene rings is 6. The predicted octanol–water partition coefficient (Wildman–Crippen LogP) is 9.86. The van der Waals surface area contributed by atoms with Crippen LogP contribution in [0.2, 0.25) is 0 Å². The van der Waals surface area contributed by atoms with Gasteiger partial charge in [-0.1, -0.05) is 84.9 Å². The summed E-state index contributed by atoms with van der Waals surface area (Å²) in [4.78, 5) is 2.23. The van der Waals surface area contributed by atoms with Gasteiger partial charge in [0.1, 0.15) is 23.0 Å². The molecule has 0 aliphatic carbocycles. The number of ether oxygens (including phenoxy) is 4. The molecule has 6 aromatic carbocycles. The Balaban J connectivity index is 1.63. The van der Waals surface area contributed by atoms with Crippen molar-refractivity contribution in [1.29, 1.82) is 0 Å². The quantitative estimate of drug-likeness (QED) is 0.144. The Kier molecular flexibility index (Phi) is 9.54. The van der Waals surface area contributed by atoms with E-state index >= 15 is 0 Å². The van der Waals surface area contributed by atoms with Crippen LogP contribution in [0.15, 0.2) is 152 Å². The van der Waals surface area contributed by atoms with Crippen molar-refractivity contribution in [3.8, 4) is 23.0 Å². The second-order valence-corrected chi connectivity index (χ2v) is 10.9. The molecule has 0 fully saturated rings. The summed E-state index contributed by atoms with van der Waals surface area (Å²) in [6.45, 7) is 0. The molecule has 6 aromatic rings. The third-order valence-electron chi connectivity index (χ3n) is 8.19. The molecule has 0 heterocycles. The average Bonchev–Trinajstić information content (AvgIpc) is 3.15. The lowest BCUT2D eigenvalue weighted by Gasteiger charge is -2.23. The van der Waals surface area contributed by atoms with E-state index in [1.807, 2.05) is 48.5 Å². The van der Waals surface area contributed by atoms with Gasteiger partial charge in [0, 0.05) is 28.9 Å². The van der Waals surface area contributed by atoms with Crippen molar-refractivity contribution in [2.24, 2.45) is 0 Å². The zero-order valence-corrected chi connectivity index (χ0v) is 27.0. The van der Waals surface area contributed by atoms with Gasteiger partial charge in [-0.2, -0.15) is 0 Å². The number of methoxy groups -OCH3 is 4. The molecule has 6 rings (SSSR count). The molecule has 5 nitrogen and oxygen atoms in total. The van der Waals surface area contributed by atoms with E-state index in [-0.39, 0.29) is 0 Å². The molecular weight excluding hydrogens is 582 g/mol. The number of anilines is 1. The molecule has 0 spiro atoms. The molecule has 0 aliphatic rings. The maximum Gasteiger partial charge on any atom is 0.118 e. The fraction of sp³-hybridized carbons (Fsp3) is 0.0952. The normalized spacial score (nSPS) is 10.6. The maximum atomic E-state index is 5.49. The smallest absolute Gasteiger partial charge is 0.118 e. The Hall–Kier alpha value is -5.94.